The molecule has 0 amide bonds. The predicted octanol–water partition coefficient (Wildman–Crippen LogP) is -1.35. The van der Waals surface area contributed by atoms with Crippen molar-refractivity contribution in [3.05, 3.63) is 0 Å². The van der Waals surface area contributed by atoms with E-state index in [1.807, 2.05) is 0 Å². The fourth-order valence-electron chi connectivity index (χ4n) is 0. The zero-order chi connectivity index (χ0) is 4.50. The van der Waals surface area contributed by atoms with Crippen LogP contribution in [0.25, 0.3) is 0 Å². The summed E-state index contributed by atoms with van der Waals surface area (Å²) >= 11 is -5.25. The number of hydrogen-bond donors (Lipinski definition) is 2. The Bertz CT molecular complexity index is 90.7. The molecule has 0 aromatic rings. The van der Waals surface area contributed by atoms with E-state index in [4.69, 9.17) is 15.9 Å². The summed E-state index contributed by atoms with van der Waals surface area (Å²) in [4.78, 5) is 0. The Labute approximate surface area is 68.6 Å². The van der Waals surface area contributed by atoms with E-state index in [9.17, 15) is 0 Å². The Morgan fingerprint density at radius 2 is 1.17 bits per heavy atom. The molecule has 0 radical (unpaired) electrons. The molecule has 0 spiro atoms. The van der Waals surface area contributed by atoms with Gasteiger partial charge in [-0.15, -0.1) is 0 Å². The third-order valence-corrected chi connectivity index (χ3v) is 0. The number of rotatable bonds is 0. The van der Waals surface area contributed by atoms with Crippen LogP contribution in [-0.2, 0) is 21.2 Å². The van der Waals surface area contributed by atoms with Crippen molar-refractivity contribution in [3.8, 4) is 0 Å². The van der Waals surface area contributed by atoms with Crippen LogP contribution in [0.3, 0.4) is 0 Å². The summed E-state index contributed by atoms with van der Waals surface area (Å²) in [5, 5.41) is 0. The second kappa shape index (κ2) is 3.39. The van der Waals surface area contributed by atoms with Gasteiger partial charge in [-0.25, -0.2) is 0 Å². The maximum absolute atomic E-state index is 8.82. The zero-order valence-electron chi connectivity index (χ0n) is 2.47. The van der Waals surface area contributed by atoms with Gasteiger partial charge in [-0.2, -0.15) is 0 Å². The van der Waals surface area contributed by atoms with Crippen molar-refractivity contribution in [2.75, 3.05) is 0 Å². The minimum absolute atomic E-state index is 0. The Hall–Kier alpha value is 1.38. The van der Waals surface area contributed by atoms with Gasteiger partial charge in [0.1, 0.15) is 0 Å². The molecular weight excluding hydrogens is 273 g/mol. The molecule has 6 heteroatoms. The van der Waals surface area contributed by atoms with Crippen LogP contribution in [0.5, 0.6) is 0 Å². The van der Waals surface area contributed by atoms with Gasteiger partial charge in [0.15, 0.2) is 0 Å². The summed E-state index contributed by atoms with van der Waals surface area (Å²) in [6.07, 6.45) is 0. The van der Waals surface area contributed by atoms with Crippen molar-refractivity contribution < 1.29 is 69.5 Å². The Balaban J connectivity index is 0. The first-order chi connectivity index (χ1) is 2.00. The molecule has 0 unspecified atom stereocenters. The van der Waals surface area contributed by atoms with E-state index >= 15 is 0 Å². The van der Waals surface area contributed by atoms with Crippen molar-refractivity contribution in [1.82, 2.24) is 0 Å². The Morgan fingerprint density at radius 1 is 1.17 bits per heavy atom. The quantitative estimate of drug-likeness (QED) is 0.573. The first-order valence-corrected chi connectivity index (χ1v) is 2.88. The molecule has 4 nitrogen and oxygen atoms in total. The molecule has 6 heavy (non-hydrogen) atoms. The first-order valence-electron chi connectivity index (χ1n) is 0.698. The molecule has 40 valence electrons. The van der Waals surface area contributed by atoms with Gasteiger partial charge in [-0.1, -0.05) is 0 Å². The van der Waals surface area contributed by atoms with Gasteiger partial charge in [0.2, 0.25) is 0 Å². The second-order valence-electron chi connectivity index (χ2n) is 0.448. The summed E-state index contributed by atoms with van der Waals surface area (Å²) < 4.78 is 31.9. The third-order valence-electron chi connectivity index (χ3n) is 0. The molecule has 0 heterocycles. The van der Waals surface area contributed by atoms with E-state index in [0.717, 1.165) is 0 Å². The Morgan fingerprint density at radius 3 is 1.17 bits per heavy atom. The maximum atomic E-state index is 8.82. The molecule has 0 rings (SSSR count). The van der Waals surface area contributed by atoms with Crippen LogP contribution in [0.2, 0.25) is 0 Å². The standard InChI is InChI=1S/Cr.Gd.2H2O.2O/h;;2*1H2;;/q+2;;;;;/p-2. The molecule has 0 bridgehead atoms. The van der Waals surface area contributed by atoms with Crippen LogP contribution in [0.15, 0.2) is 0 Å². The van der Waals surface area contributed by atoms with Crippen LogP contribution < -0.4 is 0 Å². The van der Waals surface area contributed by atoms with E-state index in [2.05, 4.69) is 0 Å². The van der Waals surface area contributed by atoms with Crippen LogP contribution in [0.1, 0.15) is 0 Å². The summed E-state index contributed by atoms with van der Waals surface area (Å²) in [7, 11) is 0. The van der Waals surface area contributed by atoms with Gasteiger partial charge in [0, 0.05) is 39.9 Å². The van der Waals surface area contributed by atoms with Crippen LogP contribution >= 0.6 is 0 Å². The molecule has 2 N–H and O–H groups in total. The van der Waals surface area contributed by atoms with E-state index in [0.29, 0.717) is 0 Å². The van der Waals surface area contributed by atoms with E-state index in [1.165, 1.54) is 0 Å². The second-order valence-corrected chi connectivity index (χ2v) is 1.85. The molecule has 0 fully saturated rings. The monoisotopic (exact) mass is 276 g/mol. The fraction of sp³-hybridized carbons (Fsp3) is 0. The molecule has 0 aliphatic rings. The van der Waals surface area contributed by atoms with Crippen molar-refractivity contribution in [2.24, 2.45) is 0 Å². The van der Waals surface area contributed by atoms with Gasteiger partial charge < -0.3 is 0 Å². The predicted molar refractivity (Wildman–Crippen MR) is 5.81 cm³/mol. The summed E-state index contributed by atoms with van der Waals surface area (Å²) in [5.41, 5.74) is 0. The van der Waals surface area contributed by atoms with Crippen molar-refractivity contribution in [2.45, 2.75) is 0 Å². The molecule has 0 saturated carbocycles. The van der Waals surface area contributed by atoms with Crippen LogP contribution in [0.4, 0.5) is 0 Å². The molecule has 0 aromatic carbocycles. The third kappa shape index (κ3) is 54.3. The van der Waals surface area contributed by atoms with Crippen molar-refractivity contribution >= 4 is 0 Å². The first kappa shape index (κ1) is 10.4. The molecule has 0 saturated heterocycles. The molecule has 0 aliphatic heterocycles. The molecule has 0 atom stereocenters. The van der Waals surface area contributed by atoms with Crippen LogP contribution in [-0.4, -0.2) is 8.32 Å². The summed E-state index contributed by atoms with van der Waals surface area (Å²) in [6.45, 7) is 0. The summed E-state index contributed by atoms with van der Waals surface area (Å²) in [6, 6.07) is 0. The van der Waals surface area contributed by atoms with Gasteiger partial charge in [0.05, 0.1) is 0 Å². The van der Waals surface area contributed by atoms with Crippen molar-refractivity contribution in [3.63, 3.8) is 0 Å². The summed E-state index contributed by atoms with van der Waals surface area (Å²) in [5.74, 6) is 0. The molecule has 0 aliphatic carbocycles. The normalized spacial score (nSPS) is 9.67. The van der Waals surface area contributed by atoms with Gasteiger partial charge in [-0.05, 0) is 0 Å². The molecular formula is H2CrGdO4. The average Bonchev–Trinajstić information content (AvgIpc) is 0.722. The minimum atomic E-state index is -5.25. The molecule has 0 aromatic heterocycles. The topological polar surface area (TPSA) is 74.6 Å². The van der Waals surface area contributed by atoms with Gasteiger partial charge >= 0.3 is 29.5 Å². The van der Waals surface area contributed by atoms with Gasteiger partial charge in [0.25, 0.3) is 0 Å². The zero-order valence-corrected chi connectivity index (χ0v) is 6.02. The average molecular weight is 275 g/mol. The van der Waals surface area contributed by atoms with E-state index in [-0.39, 0.29) is 39.9 Å². The van der Waals surface area contributed by atoms with E-state index < -0.39 is 13.6 Å². The number of hydrogen-bond acceptors (Lipinski definition) is 2. The van der Waals surface area contributed by atoms with Crippen molar-refractivity contribution in [1.29, 1.82) is 0 Å². The Kier molecular flexibility index (Phi) is 5.86. The van der Waals surface area contributed by atoms with Crippen LogP contribution in [0, 0.1) is 39.9 Å². The van der Waals surface area contributed by atoms with Gasteiger partial charge in [-0.3, -0.25) is 0 Å². The van der Waals surface area contributed by atoms with E-state index in [1.54, 1.807) is 0 Å². The SMILES string of the molecule is [Gd].[O]=[Cr](=[O])([OH])[OH]. The fourth-order valence-corrected chi connectivity index (χ4v) is 0.